The number of hydrogen-bond donors (Lipinski definition) is 1. The number of ether oxygens (including phenoxy) is 2. The Hall–Kier alpha value is -2.58. The zero-order valence-corrected chi connectivity index (χ0v) is 18.2. The SMILES string of the molecule is COc1ccc(S(=O)(=O)N2CCC[C@H](C(=O)NCCOc3ccc(C)cc3)C2)cc1. The summed E-state index contributed by atoms with van der Waals surface area (Å²) in [4.78, 5) is 12.7. The minimum Gasteiger partial charge on any atom is -0.497 e. The van der Waals surface area contributed by atoms with Crippen LogP contribution in [0.15, 0.2) is 53.4 Å². The summed E-state index contributed by atoms with van der Waals surface area (Å²) >= 11 is 0. The average Bonchev–Trinajstić information content (AvgIpc) is 2.78. The highest BCUT2D eigenvalue weighted by Crippen LogP contribution is 2.25. The highest BCUT2D eigenvalue weighted by atomic mass is 32.2. The summed E-state index contributed by atoms with van der Waals surface area (Å²) in [6.45, 7) is 3.32. The first-order valence-corrected chi connectivity index (χ1v) is 11.5. The maximum Gasteiger partial charge on any atom is 0.243 e. The predicted octanol–water partition coefficient (Wildman–Crippen LogP) is 2.60. The Bertz CT molecular complexity index is 942. The lowest BCUT2D eigenvalue weighted by atomic mass is 9.99. The van der Waals surface area contributed by atoms with E-state index in [0.29, 0.717) is 38.3 Å². The molecule has 1 amide bonds. The van der Waals surface area contributed by atoms with E-state index < -0.39 is 10.0 Å². The number of nitrogens with one attached hydrogen (secondary N) is 1. The molecule has 0 spiro atoms. The third kappa shape index (κ3) is 5.52. The number of hydrogen-bond acceptors (Lipinski definition) is 5. The maximum absolute atomic E-state index is 12.9. The van der Waals surface area contributed by atoms with Gasteiger partial charge in [0.2, 0.25) is 15.9 Å². The minimum atomic E-state index is -3.65. The lowest BCUT2D eigenvalue weighted by Gasteiger charge is -2.31. The Balaban J connectivity index is 1.51. The second-order valence-corrected chi connectivity index (χ2v) is 9.27. The lowest BCUT2D eigenvalue weighted by molar-refractivity contribution is -0.126. The van der Waals surface area contributed by atoms with Gasteiger partial charge in [-0.1, -0.05) is 17.7 Å². The summed E-state index contributed by atoms with van der Waals surface area (Å²) in [6.07, 6.45) is 1.31. The largest absolute Gasteiger partial charge is 0.497 e. The number of benzene rings is 2. The third-order valence-corrected chi connectivity index (χ3v) is 7.02. The Morgan fingerprint density at radius 1 is 1.10 bits per heavy atom. The van der Waals surface area contributed by atoms with Gasteiger partial charge in [0.25, 0.3) is 0 Å². The van der Waals surface area contributed by atoms with E-state index in [9.17, 15) is 13.2 Å². The number of carbonyl (C=O) groups is 1. The van der Waals surface area contributed by atoms with Crippen LogP contribution in [0, 0.1) is 12.8 Å². The summed E-state index contributed by atoms with van der Waals surface area (Å²) in [6, 6.07) is 14.0. The van der Waals surface area contributed by atoms with Crippen LogP contribution < -0.4 is 14.8 Å². The van der Waals surface area contributed by atoms with Crippen molar-refractivity contribution in [2.75, 3.05) is 33.4 Å². The van der Waals surface area contributed by atoms with Crippen LogP contribution in [0.5, 0.6) is 11.5 Å². The molecule has 2 aromatic rings. The van der Waals surface area contributed by atoms with Crippen molar-refractivity contribution in [3.63, 3.8) is 0 Å². The lowest BCUT2D eigenvalue weighted by Crippen LogP contribution is -2.45. The molecule has 1 heterocycles. The zero-order valence-electron chi connectivity index (χ0n) is 17.3. The number of carbonyl (C=O) groups excluding carboxylic acids is 1. The van der Waals surface area contributed by atoms with E-state index in [2.05, 4.69) is 5.32 Å². The number of nitrogens with zero attached hydrogens (tertiary/aromatic N) is 1. The van der Waals surface area contributed by atoms with Gasteiger partial charge in [0.15, 0.2) is 0 Å². The Morgan fingerprint density at radius 3 is 2.43 bits per heavy atom. The summed E-state index contributed by atoms with van der Waals surface area (Å²) in [5.74, 6) is 0.838. The van der Waals surface area contributed by atoms with Crippen LogP contribution >= 0.6 is 0 Å². The first-order valence-electron chi connectivity index (χ1n) is 10.0. The Kier molecular flexibility index (Phi) is 7.33. The average molecular weight is 433 g/mol. The van der Waals surface area contributed by atoms with Crippen LogP contribution in [0.4, 0.5) is 0 Å². The molecule has 162 valence electrons. The zero-order chi connectivity index (χ0) is 21.6. The van der Waals surface area contributed by atoms with Gasteiger partial charge in [-0.25, -0.2) is 8.42 Å². The van der Waals surface area contributed by atoms with E-state index in [1.807, 2.05) is 31.2 Å². The molecular formula is C22H28N2O5S. The summed E-state index contributed by atoms with van der Waals surface area (Å²) < 4.78 is 38.0. The van der Waals surface area contributed by atoms with Crippen LogP contribution in [-0.2, 0) is 14.8 Å². The molecule has 1 atom stereocenters. The summed E-state index contributed by atoms with van der Waals surface area (Å²) in [5, 5.41) is 2.86. The molecule has 30 heavy (non-hydrogen) atoms. The number of methoxy groups -OCH3 is 1. The van der Waals surface area contributed by atoms with E-state index in [4.69, 9.17) is 9.47 Å². The summed E-state index contributed by atoms with van der Waals surface area (Å²) in [7, 11) is -2.11. The molecule has 2 aromatic carbocycles. The topological polar surface area (TPSA) is 84.9 Å². The van der Waals surface area contributed by atoms with E-state index >= 15 is 0 Å². The molecule has 1 saturated heterocycles. The van der Waals surface area contributed by atoms with Crippen molar-refractivity contribution >= 4 is 15.9 Å². The van der Waals surface area contributed by atoms with Crippen LogP contribution in [0.2, 0.25) is 0 Å². The fourth-order valence-corrected chi connectivity index (χ4v) is 4.92. The normalized spacial score (nSPS) is 17.3. The molecule has 0 aliphatic carbocycles. The fraction of sp³-hybridized carbons (Fsp3) is 0.409. The molecule has 1 N–H and O–H groups in total. The van der Waals surface area contributed by atoms with E-state index in [0.717, 1.165) is 11.3 Å². The van der Waals surface area contributed by atoms with Gasteiger partial charge in [0, 0.05) is 13.1 Å². The fourth-order valence-electron chi connectivity index (χ4n) is 3.39. The van der Waals surface area contributed by atoms with Crippen molar-refractivity contribution in [2.45, 2.75) is 24.7 Å². The van der Waals surface area contributed by atoms with E-state index in [1.54, 1.807) is 12.1 Å². The number of piperidine rings is 1. The molecule has 1 fully saturated rings. The summed E-state index contributed by atoms with van der Waals surface area (Å²) in [5.41, 5.74) is 1.15. The van der Waals surface area contributed by atoms with Crippen LogP contribution in [-0.4, -0.2) is 52.0 Å². The van der Waals surface area contributed by atoms with Gasteiger partial charge >= 0.3 is 0 Å². The van der Waals surface area contributed by atoms with Gasteiger partial charge in [0.05, 0.1) is 24.5 Å². The number of sulfonamides is 1. The van der Waals surface area contributed by atoms with Gasteiger partial charge in [-0.15, -0.1) is 0 Å². The van der Waals surface area contributed by atoms with Gasteiger partial charge in [-0.05, 0) is 56.2 Å². The second kappa shape index (κ2) is 9.95. The molecule has 0 saturated carbocycles. The van der Waals surface area contributed by atoms with E-state index in [1.165, 1.54) is 23.5 Å². The quantitative estimate of drug-likeness (QED) is 0.648. The van der Waals surface area contributed by atoms with Crippen molar-refractivity contribution in [3.8, 4) is 11.5 Å². The number of amides is 1. The van der Waals surface area contributed by atoms with Crippen LogP contribution in [0.25, 0.3) is 0 Å². The standard InChI is InChI=1S/C22H28N2O5S/c1-17-5-7-20(8-6-17)29-15-13-23-22(25)18-4-3-14-24(16-18)30(26,27)21-11-9-19(28-2)10-12-21/h5-12,18H,3-4,13-16H2,1-2H3,(H,23,25)/t18-/m0/s1. The molecule has 7 nitrogen and oxygen atoms in total. The van der Waals surface area contributed by atoms with Crippen molar-refractivity contribution in [1.29, 1.82) is 0 Å². The molecule has 0 aromatic heterocycles. The number of aryl methyl sites for hydroxylation is 1. The minimum absolute atomic E-state index is 0.142. The Labute approximate surface area is 178 Å². The molecule has 0 radical (unpaired) electrons. The number of rotatable bonds is 8. The Morgan fingerprint density at radius 2 is 1.77 bits per heavy atom. The van der Waals surface area contributed by atoms with Gasteiger partial charge in [0.1, 0.15) is 18.1 Å². The first kappa shape index (κ1) is 22.1. The molecule has 8 heteroatoms. The molecule has 0 bridgehead atoms. The van der Waals surface area contributed by atoms with Crippen LogP contribution in [0.3, 0.4) is 0 Å². The molecule has 1 aliphatic rings. The van der Waals surface area contributed by atoms with Crippen molar-refractivity contribution in [2.24, 2.45) is 5.92 Å². The molecule has 0 unspecified atom stereocenters. The molecule has 1 aliphatic heterocycles. The molecule has 3 rings (SSSR count). The van der Waals surface area contributed by atoms with Crippen molar-refractivity contribution in [1.82, 2.24) is 9.62 Å². The highest BCUT2D eigenvalue weighted by molar-refractivity contribution is 7.89. The monoisotopic (exact) mass is 432 g/mol. The maximum atomic E-state index is 12.9. The van der Waals surface area contributed by atoms with Crippen molar-refractivity contribution < 1.29 is 22.7 Å². The first-order chi connectivity index (χ1) is 14.4. The third-order valence-electron chi connectivity index (χ3n) is 5.14. The molecular weight excluding hydrogens is 404 g/mol. The second-order valence-electron chi connectivity index (χ2n) is 7.33. The smallest absolute Gasteiger partial charge is 0.243 e. The van der Waals surface area contributed by atoms with Crippen molar-refractivity contribution in [3.05, 3.63) is 54.1 Å². The van der Waals surface area contributed by atoms with Gasteiger partial charge in [-0.2, -0.15) is 4.31 Å². The van der Waals surface area contributed by atoms with Crippen LogP contribution in [0.1, 0.15) is 18.4 Å². The van der Waals surface area contributed by atoms with Gasteiger partial charge in [-0.3, -0.25) is 4.79 Å². The van der Waals surface area contributed by atoms with E-state index in [-0.39, 0.29) is 23.3 Å². The highest BCUT2D eigenvalue weighted by Gasteiger charge is 2.33. The predicted molar refractivity (Wildman–Crippen MR) is 114 cm³/mol. The van der Waals surface area contributed by atoms with Gasteiger partial charge < -0.3 is 14.8 Å².